The van der Waals surface area contributed by atoms with Crippen LogP contribution in [0.1, 0.15) is 13.8 Å². The predicted molar refractivity (Wildman–Crippen MR) is 125 cm³/mol. The second-order valence-electron chi connectivity index (χ2n) is 8.23. The molecule has 0 amide bonds. The van der Waals surface area contributed by atoms with E-state index in [9.17, 15) is 4.57 Å². The van der Waals surface area contributed by atoms with Gasteiger partial charge in [-0.05, 0) is 44.2 Å². The van der Waals surface area contributed by atoms with Gasteiger partial charge in [0.15, 0.2) is 0 Å². The lowest BCUT2D eigenvalue weighted by Crippen LogP contribution is -2.22. The standard InChI is InChI=1S/C20H29ClN3O5PSi/c1-6-27-30(25,28-7-2)19-9-8-18(29-19)15-12-16(21)20-17(13-15)22-23-24(20)14-26-10-11-31(3,4)5/h8-9,12-13H,6-7,10-11,14H2,1-5H3. The summed E-state index contributed by atoms with van der Waals surface area (Å²) in [5.41, 5.74) is 2.16. The third kappa shape index (κ3) is 5.86. The molecule has 3 rings (SSSR count). The second kappa shape index (κ2) is 9.98. The van der Waals surface area contributed by atoms with E-state index in [0.29, 0.717) is 34.0 Å². The summed E-state index contributed by atoms with van der Waals surface area (Å²) < 4.78 is 36.9. The van der Waals surface area contributed by atoms with Gasteiger partial charge in [0.05, 0.1) is 18.2 Å². The summed E-state index contributed by atoms with van der Waals surface area (Å²) in [4.78, 5) is 0. The molecule has 0 unspecified atom stereocenters. The molecule has 2 heterocycles. The number of aromatic nitrogens is 3. The highest BCUT2D eigenvalue weighted by atomic mass is 35.5. The Morgan fingerprint density at radius 2 is 1.87 bits per heavy atom. The summed E-state index contributed by atoms with van der Waals surface area (Å²) in [6, 6.07) is 7.97. The van der Waals surface area contributed by atoms with Gasteiger partial charge in [-0.3, -0.25) is 4.57 Å². The smallest absolute Gasteiger partial charge is 0.396 e. The number of benzene rings is 1. The van der Waals surface area contributed by atoms with E-state index < -0.39 is 15.7 Å². The summed E-state index contributed by atoms with van der Waals surface area (Å²) in [5, 5.41) is 8.86. The molecule has 8 nitrogen and oxygen atoms in total. The third-order valence-corrected chi connectivity index (χ3v) is 8.48. The highest BCUT2D eigenvalue weighted by Gasteiger charge is 2.31. The van der Waals surface area contributed by atoms with Crippen molar-refractivity contribution in [2.45, 2.75) is 46.3 Å². The van der Waals surface area contributed by atoms with E-state index in [1.165, 1.54) is 0 Å². The first-order valence-electron chi connectivity index (χ1n) is 10.3. The Kier molecular flexibility index (Phi) is 7.78. The topological polar surface area (TPSA) is 88.6 Å². The van der Waals surface area contributed by atoms with E-state index in [1.807, 2.05) is 6.07 Å². The van der Waals surface area contributed by atoms with E-state index >= 15 is 0 Å². The predicted octanol–water partition coefficient (Wildman–Crippen LogP) is 5.55. The molecule has 0 fully saturated rings. The normalized spacial score (nSPS) is 12.7. The van der Waals surface area contributed by atoms with Gasteiger partial charge in [0.1, 0.15) is 23.5 Å². The number of nitrogens with zero attached hydrogens (tertiary/aromatic N) is 3. The van der Waals surface area contributed by atoms with Gasteiger partial charge < -0.3 is 18.2 Å². The van der Waals surface area contributed by atoms with Crippen LogP contribution < -0.4 is 5.50 Å². The van der Waals surface area contributed by atoms with Crippen molar-refractivity contribution < 1.29 is 22.8 Å². The van der Waals surface area contributed by atoms with Gasteiger partial charge in [0.2, 0.25) is 5.50 Å². The number of furan rings is 1. The molecular formula is C20H29ClN3O5PSi. The molecule has 0 aliphatic carbocycles. The quantitative estimate of drug-likeness (QED) is 0.200. The highest BCUT2D eigenvalue weighted by molar-refractivity contribution is 7.61. The van der Waals surface area contributed by atoms with Gasteiger partial charge in [-0.25, -0.2) is 4.68 Å². The molecule has 0 spiro atoms. The summed E-state index contributed by atoms with van der Waals surface area (Å²) in [6.45, 7) is 11.9. The first-order valence-corrected chi connectivity index (χ1v) is 15.9. The van der Waals surface area contributed by atoms with Gasteiger partial charge in [-0.1, -0.05) is 36.5 Å². The zero-order valence-electron chi connectivity index (χ0n) is 18.6. The number of hydrogen-bond acceptors (Lipinski definition) is 7. The van der Waals surface area contributed by atoms with E-state index in [4.69, 9.17) is 29.8 Å². The lowest BCUT2D eigenvalue weighted by atomic mass is 10.1. The van der Waals surface area contributed by atoms with E-state index in [1.54, 1.807) is 36.7 Å². The number of halogens is 1. The van der Waals surface area contributed by atoms with Gasteiger partial charge in [-0.15, -0.1) is 5.10 Å². The lowest BCUT2D eigenvalue weighted by Gasteiger charge is -2.15. The van der Waals surface area contributed by atoms with Crippen LogP contribution in [0, 0.1) is 0 Å². The SMILES string of the molecule is CCOP(=O)(OCC)c1ccc(-c2cc(Cl)c3c(c2)nnn3COCC[Si](C)(C)C)o1. The second-order valence-corrected chi connectivity index (χ2v) is 16.2. The fourth-order valence-electron chi connectivity index (χ4n) is 2.96. The molecule has 3 aromatic rings. The van der Waals surface area contributed by atoms with Gasteiger partial charge in [-0.2, -0.15) is 0 Å². The van der Waals surface area contributed by atoms with Crippen LogP contribution in [0.15, 0.2) is 28.7 Å². The molecule has 2 aromatic heterocycles. The Morgan fingerprint density at radius 3 is 2.52 bits per heavy atom. The van der Waals surface area contributed by atoms with Crippen molar-refractivity contribution in [2.75, 3.05) is 19.8 Å². The maximum Gasteiger partial charge on any atom is 0.396 e. The van der Waals surface area contributed by atoms with Crippen LogP contribution in [0.2, 0.25) is 30.7 Å². The molecule has 0 saturated heterocycles. The van der Waals surface area contributed by atoms with Crippen molar-refractivity contribution in [3.63, 3.8) is 0 Å². The Bertz CT molecular complexity index is 1070. The fourth-order valence-corrected chi connectivity index (χ4v) is 5.50. The molecule has 0 radical (unpaired) electrons. The largest absolute Gasteiger partial charge is 0.448 e. The van der Waals surface area contributed by atoms with Crippen molar-refractivity contribution >= 4 is 43.8 Å². The van der Waals surface area contributed by atoms with Crippen LogP contribution in [-0.4, -0.2) is 42.9 Å². The molecule has 0 saturated carbocycles. The maximum atomic E-state index is 12.9. The minimum Gasteiger partial charge on any atom is -0.448 e. The minimum atomic E-state index is -3.50. The molecule has 170 valence electrons. The molecule has 0 bridgehead atoms. The highest BCUT2D eigenvalue weighted by Crippen LogP contribution is 2.47. The molecule has 0 aliphatic rings. The Labute approximate surface area is 188 Å². The molecule has 1 aromatic carbocycles. The molecular weight excluding hydrogens is 457 g/mol. The van der Waals surface area contributed by atoms with Crippen molar-refractivity contribution in [2.24, 2.45) is 0 Å². The number of rotatable bonds is 11. The zero-order chi connectivity index (χ0) is 22.6. The summed E-state index contributed by atoms with van der Waals surface area (Å²) >= 11 is 6.54. The van der Waals surface area contributed by atoms with Gasteiger partial charge >= 0.3 is 7.60 Å². The van der Waals surface area contributed by atoms with E-state index in [-0.39, 0.29) is 25.4 Å². The Balaban J connectivity index is 1.82. The molecule has 0 aliphatic heterocycles. The summed E-state index contributed by atoms with van der Waals surface area (Å²) in [5.74, 6) is 0.486. The van der Waals surface area contributed by atoms with Crippen LogP contribution >= 0.6 is 19.2 Å². The average molecular weight is 486 g/mol. The molecule has 31 heavy (non-hydrogen) atoms. The van der Waals surface area contributed by atoms with Crippen molar-refractivity contribution in [3.8, 4) is 11.3 Å². The molecule has 11 heteroatoms. The summed E-state index contributed by atoms with van der Waals surface area (Å²) in [7, 11) is -4.66. The monoisotopic (exact) mass is 485 g/mol. The van der Waals surface area contributed by atoms with Gasteiger partial charge in [0.25, 0.3) is 0 Å². The summed E-state index contributed by atoms with van der Waals surface area (Å²) in [6.07, 6.45) is 0. The van der Waals surface area contributed by atoms with E-state index in [2.05, 4.69) is 30.0 Å². The number of ether oxygens (including phenoxy) is 1. The fraction of sp³-hybridized carbons (Fsp3) is 0.500. The van der Waals surface area contributed by atoms with Crippen LogP contribution in [0.4, 0.5) is 0 Å². The number of hydrogen-bond donors (Lipinski definition) is 0. The van der Waals surface area contributed by atoms with Crippen LogP contribution in [-0.2, 0) is 25.1 Å². The Hall–Kier alpha value is -1.48. The number of fused-ring (bicyclic) bond motifs is 1. The third-order valence-electron chi connectivity index (χ3n) is 4.52. The van der Waals surface area contributed by atoms with E-state index in [0.717, 1.165) is 6.04 Å². The maximum absolute atomic E-state index is 12.9. The van der Waals surface area contributed by atoms with Gasteiger partial charge in [0, 0.05) is 20.2 Å². The lowest BCUT2D eigenvalue weighted by molar-refractivity contribution is 0.0803. The minimum absolute atomic E-state index is 0.155. The average Bonchev–Trinajstić information content (AvgIpc) is 3.33. The molecule has 0 atom stereocenters. The first kappa shape index (κ1) is 24.2. The van der Waals surface area contributed by atoms with Crippen LogP contribution in [0.3, 0.4) is 0 Å². The molecule has 0 N–H and O–H groups in total. The Morgan fingerprint density at radius 1 is 1.16 bits per heavy atom. The van der Waals surface area contributed by atoms with Crippen molar-refractivity contribution in [1.29, 1.82) is 0 Å². The van der Waals surface area contributed by atoms with Crippen LogP contribution in [0.5, 0.6) is 0 Å². The van der Waals surface area contributed by atoms with Crippen molar-refractivity contribution in [1.82, 2.24) is 15.0 Å². The van der Waals surface area contributed by atoms with Crippen molar-refractivity contribution in [3.05, 3.63) is 29.3 Å². The van der Waals surface area contributed by atoms with Crippen LogP contribution in [0.25, 0.3) is 22.4 Å². The zero-order valence-corrected chi connectivity index (χ0v) is 21.2. The first-order chi connectivity index (χ1) is 14.7.